The number of aryl methyl sites for hydroxylation is 1. The van der Waals surface area contributed by atoms with Crippen LogP contribution in [0.5, 0.6) is 0 Å². The van der Waals surface area contributed by atoms with Crippen molar-refractivity contribution >= 4 is 17.7 Å². The Kier molecular flexibility index (Phi) is 7.37. The third-order valence-electron chi connectivity index (χ3n) is 5.05. The fourth-order valence-electron chi connectivity index (χ4n) is 3.24. The number of ketones is 1. The second-order valence-corrected chi connectivity index (χ2v) is 7.30. The Balaban J connectivity index is 1.74. The third kappa shape index (κ3) is 5.97. The fourth-order valence-corrected chi connectivity index (χ4v) is 3.24. The summed E-state index contributed by atoms with van der Waals surface area (Å²) in [5.41, 5.74) is 1.66. The van der Waals surface area contributed by atoms with Crippen LogP contribution in [0.4, 0.5) is 0 Å². The van der Waals surface area contributed by atoms with Gasteiger partial charge in [-0.05, 0) is 32.6 Å². The molecule has 1 aromatic rings. The first kappa shape index (κ1) is 20.1. The summed E-state index contributed by atoms with van der Waals surface area (Å²) in [4.78, 5) is 36.3. The summed E-state index contributed by atoms with van der Waals surface area (Å²) in [5, 5.41) is 2.99. The summed E-state index contributed by atoms with van der Waals surface area (Å²) in [7, 11) is 0. The Hall–Kier alpha value is -2.17. The maximum Gasteiger partial charge on any atom is 0.307 e. The van der Waals surface area contributed by atoms with Gasteiger partial charge in [0.2, 0.25) is 0 Å². The molecule has 3 atom stereocenters. The first-order chi connectivity index (χ1) is 12.4. The minimum Gasteiger partial charge on any atom is -0.453 e. The van der Waals surface area contributed by atoms with Gasteiger partial charge in [0.1, 0.15) is 0 Å². The van der Waals surface area contributed by atoms with Crippen LogP contribution in [0.2, 0.25) is 0 Å². The zero-order chi connectivity index (χ0) is 19.1. The Bertz CT molecular complexity index is 638. The Morgan fingerprint density at radius 2 is 1.77 bits per heavy atom. The minimum absolute atomic E-state index is 0.0236. The van der Waals surface area contributed by atoms with Gasteiger partial charge in [-0.2, -0.15) is 0 Å². The molecule has 26 heavy (non-hydrogen) atoms. The van der Waals surface area contributed by atoms with Crippen LogP contribution in [0, 0.1) is 12.8 Å². The molecule has 5 nitrogen and oxygen atoms in total. The van der Waals surface area contributed by atoms with Crippen molar-refractivity contribution < 1.29 is 19.1 Å². The lowest BCUT2D eigenvalue weighted by Crippen LogP contribution is -2.46. The van der Waals surface area contributed by atoms with E-state index in [1.54, 1.807) is 19.1 Å². The summed E-state index contributed by atoms with van der Waals surface area (Å²) >= 11 is 0. The molecule has 0 bridgehead atoms. The van der Waals surface area contributed by atoms with Gasteiger partial charge in [0, 0.05) is 18.0 Å². The largest absolute Gasteiger partial charge is 0.453 e. The van der Waals surface area contributed by atoms with Crippen LogP contribution in [0.3, 0.4) is 0 Å². The fraction of sp³-hybridized carbons (Fsp3) is 0.571. The van der Waals surface area contributed by atoms with E-state index < -0.39 is 12.1 Å². The number of carbonyl (C=O) groups excluding carboxylic acids is 3. The second kappa shape index (κ2) is 9.51. The highest BCUT2D eigenvalue weighted by molar-refractivity contribution is 5.97. The molecule has 1 N–H and O–H groups in total. The number of Topliss-reactive ketones (excluding diaryl/α,β-unsaturated/α-hetero) is 1. The lowest BCUT2D eigenvalue weighted by Gasteiger charge is -2.30. The van der Waals surface area contributed by atoms with Gasteiger partial charge < -0.3 is 10.1 Å². The molecule has 1 saturated carbocycles. The van der Waals surface area contributed by atoms with Gasteiger partial charge in [-0.15, -0.1) is 0 Å². The molecule has 0 aromatic heterocycles. The number of amides is 1. The van der Waals surface area contributed by atoms with Crippen molar-refractivity contribution in [2.24, 2.45) is 5.92 Å². The third-order valence-corrected chi connectivity index (χ3v) is 5.05. The normalized spacial score (nSPS) is 20.9. The number of esters is 1. The first-order valence-corrected chi connectivity index (χ1v) is 9.46. The molecule has 0 spiro atoms. The molecular weight excluding hydrogens is 330 g/mol. The molecule has 1 aliphatic carbocycles. The number of ether oxygens (including phenoxy) is 1. The maximum atomic E-state index is 12.2. The van der Waals surface area contributed by atoms with Crippen molar-refractivity contribution in [1.82, 2.24) is 5.32 Å². The molecule has 1 aromatic carbocycles. The lowest BCUT2D eigenvalue weighted by molar-refractivity contribution is -0.155. The quantitative estimate of drug-likeness (QED) is 0.596. The Labute approximate surface area is 155 Å². The van der Waals surface area contributed by atoms with Crippen molar-refractivity contribution in [1.29, 1.82) is 0 Å². The molecule has 142 valence electrons. The highest BCUT2D eigenvalue weighted by Gasteiger charge is 2.26. The summed E-state index contributed by atoms with van der Waals surface area (Å²) in [6.45, 7) is 5.66. The maximum absolute atomic E-state index is 12.2. The van der Waals surface area contributed by atoms with Crippen LogP contribution < -0.4 is 5.32 Å². The topological polar surface area (TPSA) is 72.5 Å². The monoisotopic (exact) mass is 359 g/mol. The molecular formula is C21H29NO4. The molecule has 5 heteroatoms. The van der Waals surface area contributed by atoms with Crippen LogP contribution in [0.1, 0.15) is 68.3 Å². The van der Waals surface area contributed by atoms with Crippen LogP contribution in [-0.4, -0.2) is 29.8 Å². The van der Waals surface area contributed by atoms with Gasteiger partial charge in [-0.1, -0.05) is 49.6 Å². The number of hydrogen-bond acceptors (Lipinski definition) is 4. The minimum atomic E-state index is -0.842. The number of nitrogens with one attached hydrogen (secondary N) is 1. The lowest BCUT2D eigenvalue weighted by atomic mass is 9.86. The van der Waals surface area contributed by atoms with Crippen LogP contribution in [-0.2, 0) is 14.3 Å². The van der Waals surface area contributed by atoms with Crippen LogP contribution in [0.15, 0.2) is 24.3 Å². The van der Waals surface area contributed by atoms with Gasteiger partial charge in [0.25, 0.3) is 5.91 Å². The van der Waals surface area contributed by atoms with Gasteiger partial charge >= 0.3 is 5.97 Å². The molecule has 0 unspecified atom stereocenters. The van der Waals surface area contributed by atoms with Crippen molar-refractivity contribution in [3.63, 3.8) is 0 Å². The van der Waals surface area contributed by atoms with E-state index >= 15 is 0 Å². The van der Waals surface area contributed by atoms with Crippen molar-refractivity contribution in [2.75, 3.05) is 0 Å². The molecule has 1 fully saturated rings. The van der Waals surface area contributed by atoms with Crippen molar-refractivity contribution in [3.8, 4) is 0 Å². The molecule has 0 heterocycles. The van der Waals surface area contributed by atoms with E-state index in [0.717, 1.165) is 24.8 Å². The van der Waals surface area contributed by atoms with Gasteiger partial charge in [-0.3, -0.25) is 14.4 Å². The highest BCUT2D eigenvalue weighted by Crippen LogP contribution is 2.23. The predicted octanol–water partition coefficient (Wildman–Crippen LogP) is 3.58. The zero-order valence-electron chi connectivity index (χ0n) is 15.9. The SMILES string of the molecule is Cc1ccc(C(=O)CCC(=O)O[C@H](C)C(=O)N[C@@H]2CCCC[C@H]2C)cc1. The number of rotatable bonds is 7. The van der Waals surface area contributed by atoms with E-state index in [4.69, 9.17) is 4.74 Å². The highest BCUT2D eigenvalue weighted by atomic mass is 16.5. The molecule has 0 saturated heterocycles. The summed E-state index contributed by atoms with van der Waals surface area (Å²) < 4.78 is 5.19. The van der Waals surface area contributed by atoms with Gasteiger partial charge in [0.15, 0.2) is 11.9 Å². The molecule has 2 rings (SSSR count). The first-order valence-electron chi connectivity index (χ1n) is 9.46. The van der Waals surface area contributed by atoms with E-state index in [2.05, 4.69) is 12.2 Å². The molecule has 0 radical (unpaired) electrons. The van der Waals surface area contributed by atoms with E-state index in [9.17, 15) is 14.4 Å². The van der Waals surface area contributed by atoms with Crippen molar-refractivity contribution in [2.45, 2.75) is 71.4 Å². The standard InChI is InChI=1S/C21H29NO4/c1-14-8-10-17(11-9-14)19(23)12-13-20(24)26-16(3)21(25)22-18-7-5-4-6-15(18)2/h8-11,15-16,18H,4-7,12-13H2,1-3H3,(H,22,25)/t15-,16-,18-/m1/s1. The Morgan fingerprint density at radius 3 is 2.42 bits per heavy atom. The van der Waals surface area contributed by atoms with E-state index in [-0.39, 0.29) is 30.6 Å². The molecule has 1 amide bonds. The number of carbonyl (C=O) groups is 3. The zero-order valence-corrected chi connectivity index (χ0v) is 15.9. The van der Waals surface area contributed by atoms with Gasteiger partial charge in [0.05, 0.1) is 6.42 Å². The van der Waals surface area contributed by atoms with E-state index in [0.29, 0.717) is 11.5 Å². The van der Waals surface area contributed by atoms with Crippen LogP contribution >= 0.6 is 0 Å². The summed E-state index contributed by atoms with van der Waals surface area (Å²) in [6, 6.07) is 7.39. The van der Waals surface area contributed by atoms with Crippen LogP contribution in [0.25, 0.3) is 0 Å². The molecule has 1 aliphatic rings. The Morgan fingerprint density at radius 1 is 1.12 bits per heavy atom. The summed E-state index contributed by atoms with van der Waals surface area (Å²) in [6.07, 6.45) is 3.61. The predicted molar refractivity (Wildman–Crippen MR) is 99.9 cm³/mol. The van der Waals surface area contributed by atoms with E-state index in [1.807, 2.05) is 19.1 Å². The average molecular weight is 359 g/mol. The average Bonchev–Trinajstić information content (AvgIpc) is 2.62. The van der Waals surface area contributed by atoms with Crippen molar-refractivity contribution in [3.05, 3.63) is 35.4 Å². The second-order valence-electron chi connectivity index (χ2n) is 7.30. The molecule has 0 aliphatic heterocycles. The number of hydrogen-bond donors (Lipinski definition) is 1. The van der Waals surface area contributed by atoms with E-state index in [1.165, 1.54) is 6.42 Å². The van der Waals surface area contributed by atoms with Gasteiger partial charge in [-0.25, -0.2) is 0 Å². The smallest absolute Gasteiger partial charge is 0.307 e. The number of benzene rings is 1. The summed E-state index contributed by atoms with van der Waals surface area (Å²) in [5.74, 6) is -0.440.